The number of benzene rings is 1. The zero-order valence-corrected chi connectivity index (χ0v) is 11.0. The molecule has 6 N–H and O–H groups in total. The molecule has 17 heavy (non-hydrogen) atoms. The molecule has 0 radical (unpaired) electrons. The minimum Gasteiger partial charge on any atom is -0.399 e. The third kappa shape index (κ3) is 3.60. The second-order valence-corrected chi connectivity index (χ2v) is 4.09. The first kappa shape index (κ1) is 13.2. The van der Waals surface area contributed by atoms with E-state index in [4.69, 9.17) is 23.7 Å². The summed E-state index contributed by atoms with van der Waals surface area (Å²) in [4.78, 5) is 3.97. The summed E-state index contributed by atoms with van der Waals surface area (Å²) in [7, 11) is 1.69. The fraction of sp³-hybridized carbons (Fsp3) is 0.273. The Hall–Kier alpha value is -1.82. The van der Waals surface area contributed by atoms with E-state index in [1.165, 1.54) is 0 Å². The van der Waals surface area contributed by atoms with Crippen molar-refractivity contribution in [3.05, 3.63) is 23.3 Å². The van der Waals surface area contributed by atoms with Crippen LogP contribution in [0.2, 0.25) is 0 Å². The minimum absolute atomic E-state index is 0.250. The van der Waals surface area contributed by atoms with E-state index in [9.17, 15) is 0 Å². The molecule has 0 heterocycles. The van der Waals surface area contributed by atoms with Gasteiger partial charge >= 0.3 is 0 Å². The number of guanidine groups is 1. The van der Waals surface area contributed by atoms with E-state index >= 15 is 0 Å². The monoisotopic (exact) mass is 251 g/mol. The molecule has 1 aromatic rings. The van der Waals surface area contributed by atoms with Crippen molar-refractivity contribution in [1.82, 2.24) is 5.32 Å². The molecule has 0 spiro atoms. The van der Waals surface area contributed by atoms with Gasteiger partial charge in [0, 0.05) is 18.4 Å². The number of thiocarbonyl (C=S) groups is 1. The number of nitrogens with one attached hydrogen (secondary N) is 2. The Morgan fingerprint density at radius 2 is 1.82 bits per heavy atom. The summed E-state index contributed by atoms with van der Waals surface area (Å²) in [5.41, 5.74) is 15.1. The third-order valence-corrected chi connectivity index (χ3v) is 2.54. The first-order chi connectivity index (χ1) is 7.93. The highest BCUT2D eigenvalue weighted by Crippen LogP contribution is 2.22. The maximum Gasteiger partial charge on any atom is 0.200 e. The van der Waals surface area contributed by atoms with Gasteiger partial charge in [-0.05, 0) is 49.3 Å². The fourth-order valence-electron chi connectivity index (χ4n) is 1.52. The minimum atomic E-state index is 0.250. The van der Waals surface area contributed by atoms with Crippen LogP contribution in [0.15, 0.2) is 17.1 Å². The topological polar surface area (TPSA) is 88.5 Å². The van der Waals surface area contributed by atoms with Crippen LogP contribution in [-0.4, -0.2) is 18.1 Å². The summed E-state index contributed by atoms with van der Waals surface area (Å²) in [5, 5.41) is 6.07. The van der Waals surface area contributed by atoms with Gasteiger partial charge in [-0.2, -0.15) is 4.99 Å². The molecule has 5 nitrogen and oxygen atoms in total. The van der Waals surface area contributed by atoms with Crippen molar-refractivity contribution in [3.8, 4) is 0 Å². The van der Waals surface area contributed by atoms with E-state index in [0.717, 1.165) is 22.5 Å². The maximum absolute atomic E-state index is 5.74. The van der Waals surface area contributed by atoms with Crippen molar-refractivity contribution in [3.63, 3.8) is 0 Å². The lowest BCUT2D eigenvalue weighted by molar-refractivity contribution is 1.18. The highest BCUT2D eigenvalue weighted by atomic mass is 32.1. The molecule has 0 unspecified atom stereocenters. The number of nitrogens with two attached hydrogens (primary N) is 2. The Morgan fingerprint density at radius 1 is 1.29 bits per heavy atom. The summed E-state index contributed by atoms with van der Waals surface area (Å²) in [6, 6.07) is 3.75. The van der Waals surface area contributed by atoms with E-state index in [1.54, 1.807) is 7.05 Å². The molecule has 0 aliphatic rings. The fourth-order valence-corrected chi connectivity index (χ4v) is 1.61. The molecule has 0 saturated heterocycles. The van der Waals surface area contributed by atoms with E-state index < -0.39 is 0 Å². The molecular weight excluding hydrogens is 234 g/mol. The van der Waals surface area contributed by atoms with Gasteiger partial charge in [0.15, 0.2) is 5.11 Å². The Labute approximate surface area is 106 Å². The van der Waals surface area contributed by atoms with Crippen LogP contribution in [0, 0.1) is 13.8 Å². The number of anilines is 2. The van der Waals surface area contributed by atoms with Crippen molar-refractivity contribution >= 4 is 34.7 Å². The average Bonchev–Trinajstić information content (AvgIpc) is 2.23. The Kier molecular flexibility index (Phi) is 4.28. The zero-order chi connectivity index (χ0) is 13.0. The van der Waals surface area contributed by atoms with Crippen molar-refractivity contribution in [2.24, 2.45) is 10.7 Å². The Morgan fingerprint density at radius 3 is 2.29 bits per heavy atom. The van der Waals surface area contributed by atoms with Gasteiger partial charge in [-0.15, -0.1) is 0 Å². The highest BCUT2D eigenvalue weighted by Gasteiger charge is 2.05. The van der Waals surface area contributed by atoms with Crippen LogP contribution in [0.4, 0.5) is 11.4 Å². The molecule has 0 aliphatic carbocycles. The molecule has 1 aromatic carbocycles. The molecule has 0 saturated carbocycles. The lowest BCUT2D eigenvalue weighted by atomic mass is 10.1. The second-order valence-electron chi connectivity index (χ2n) is 3.71. The molecule has 92 valence electrons. The van der Waals surface area contributed by atoms with E-state index in [1.807, 2.05) is 26.0 Å². The molecule has 1 rings (SSSR count). The number of aryl methyl sites for hydroxylation is 2. The molecule has 0 aromatic heterocycles. The summed E-state index contributed by atoms with van der Waals surface area (Å²) in [6.45, 7) is 3.91. The van der Waals surface area contributed by atoms with Crippen LogP contribution in [-0.2, 0) is 0 Å². The quantitative estimate of drug-likeness (QED) is 0.260. The van der Waals surface area contributed by atoms with Gasteiger partial charge < -0.3 is 22.1 Å². The second kappa shape index (κ2) is 5.49. The first-order valence-electron chi connectivity index (χ1n) is 5.13. The van der Waals surface area contributed by atoms with Crippen molar-refractivity contribution in [2.45, 2.75) is 13.8 Å². The largest absolute Gasteiger partial charge is 0.399 e. The molecule has 0 bridgehead atoms. The lowest BCUT2D eigenvalue weighted by Crippen LogP contribution is -2.27. The number of rotatable bonds is 1. The smallest absolute Gasteiger partial charge is 0.200 e. The van der Waals surface area contributed by atoms with E-state index in [2.05, 4.69) is 15.6 Å². The zero-order valence-electron chi connectivity index (χ0n) is 10.2. The SMILES string of the molecule is CNC(=S)N=C(N)Nc1c(C)cc(N)cc1C. The average molecular weight is 251 g/mol. The van der Waals surface area contributed by atoms with Crippen molar-refractivity contribution in [2.75, 3.05) is 18.1 Å². The van der Waals surface area contributed by atoms with E-state index in [-0.39, 0.29) is 5.96 Å². The van der Waals surface area contributed by atoms with Crippen LogP contribution in [0.5, 0.6) is 0 Å². The molecule has 0 amide bonds. The lowest BCUT2D eigenvalue weighted by Gasteiger charge is -2.13. The summed E-state index contributed by atoms with van der Waals surface area (Å²) in [5.74, 6) is 0.250. The van der Waals surface area contributed by atoms with Crippen LogP contribution in [0.1, 0.15) is 11.1 Å². The Bertz CT molecular complexity index is 444. The van der Waals surface area contributed by atoms with Crippen LogP contribution >= 0.6 is 12.2 Å². The molecule has 0 fully saturated rings. The summed E-state index contributed by atoms with van der Waals surface area (Å²) in [6.07, 6.45) is 0. The summed E-state index contributed by atoms with van der Waals surface area (Å²) < 4.78 is 0. The standard InChI is InChI=1S/C11H17N5S/c1-6-4-8(12)5-7(2)9(6)15-10(13)16-11(17)14-3/h4-5H,12H2,1-3H3,(H4,13,14,15,16,17). The maximum atomic E-state index is 5.74. The third-order valence-electron chi connectivity index (χ3n) is 2.24. The van der Waals surface area contributed by atoms with Gasteiger partial charge in [-0.3, -0.25) is 0 Å². The number of hydrogen-bond acceptors (Lipinski definition) is 2. The van der Waals surface area contributed by atoms with Gasteiger partial charge in [-0.25, -0.2) is 0 Å². The normalized spacial score (nSPS) is 11.1. The molecule has 0 atom stereocenters. The molecule has 6 heteroatoms. The van der Waals surface area contributed by atoms with Gasteiger partial charge in [0.05, 0.1) is 0 Å². The molecular formula is C11H17N5S. The van der Waals surface area contributed by atoms with Crippen LogP contribution in [0.25, 0.3) is 0 Å². The predicted octanol–water partition coefficient (Wildman–Crippen LogP) is 1.12. The van der Waals surface area contributed by atoms with Crippen molar-refractivity contribution < 1.29 is 0 Å². The number of hydrogen-bond donors (Lipinski definition) is 4. The number of nitrogens with zero attached hydrogens (tertiary/aromatic N) is 1. The Balaban J connectivity index is 2.96. The highest BCUT2D eigenvalue weighted by molar-refractivity contribution is 7.80. The van der Waals surface area contributed by atoms with Gasteiger partial charge in [0.25, 0.3) is 0 Å². The van der Waals surface area contributed by atoms with Gasteiger partial charge in [0.2, 0.25) is 5.96 Å². The molecule has 0 aliphatic heterocycles. The first-order valence-corrected chi connectivity index (χ1v) is 5.54. The summed E-state index contributed by atoms with van der Waals surface area (Å²) >= 11 is 4.90. The van der Waals surface area contributed by atoms with E-state index in [0.29, 0.717) is 5.11 Å². The van der Waals surface area contributed by atoms with Crippen molar-refractivity contribution in [1.29, 1.82) is 0 Å². The number of nitrogen functional groups attached to an aromatic ring is 1. The van der Waals surface area contributed by atoms with Crippen LogP contribution in [0.3, 0.4) is 0 Å². The van der Waals surface area contributed by atoms with Crippen LogP contribution < -0.4 is 22.1 Å². The van der Waals surface area contributed by atoms with Gasteiger partial charge in [0.1, 0.15) is 0 Å². The predicted molar refractivity (Wildman–Crippen MR) is 77.2 cm³/mol. The number of aliphatic imine (C=N–C) groups is 1. The van der Waals surface area contributed by atoms with Gasteiger partial charge in [-0.1, -0.05) is 0 Å².